The minimum absolute atomic E-state index is 0.334. The molecule has 0 radical (unpaired) electrons. The van der Waals surface area contributed by atoms with E-state index >= 15 is 0 Å². The quantitative estimate of drug-likeness (QED) is 0.503. The molecule has 1 nitrogen and oxygen atoms in total. The highest BCUT2D eigenvalue weighted by Gasteiger charge is 2.43. The van der Waals surface area contributed by atoms with E-state index in [1.807, 2.05) is 0 Å². The van der Waals surface area contributed by atoms with Gasteiger partial charge in [-0.25, -0.2) is 0 Å². The van der Waals surface area contributed by atoms with Gasteiger partial charge in [0.1, 0.15) is 5.78 Å². The number of carbonyl (C=O) groups excluding carboxylic acids is 1. The van der Waals surface area contributed by atoms with Crippen LogP contribution in [0.3, 0.4) is 0 Å². The fourth-order valence-electron chi connectivity index (χ4n) is 2.62. The van der Waals surface area contributed by atoms with E-state index in [1.165, 1.54) is 12.8 Å². The van der Waals surface area contributed by atoms with E-state index in [-0.39, 0.29) is 0 Å². The molecule has 0 unspecified atom stereocenters. The molecule has 0 amide bonds. The summed E-state index contributed by atoms with van der Waals surface area (Å²) in [4.78, 5) is 11.5. The maximum absolute atomic E-state index is 11.5. The molecule has 1 fully saturated rings. The number of fused-ring (bicyclic) bond motifs is 1. The Bertz CT molecular complexity index is 229. The van der Waals surface area contributed by atoms with Crippen molar-refractivity contribution in [3.05, 3.63) is 12.2 Å². The third-order valence-electron chi connectivity index (χ3n) is 3.59. The largest absolute Gasteiger partial charge is 0.299 e. The van der Waals surface area contributed by atoms with Crippen LogP contribution in [0.25, 0.3) is 0 Å². The van der Waals surface area contributed by atoms with Crippen LogP contribution in [0.15, 0.2) is 12.2 Å². The monoisotopic (exact) mass is 164 g/mol. The molecule has 0 aromatic carbocycles. The topological polar surface area (TPSA) is 17.1 Å². The third-order valence-corrected chi connectivity index (χ3v) is 3.59. The zero-order chi connectivity index (χ0) is 8.60. The molecule has 1 saturated carbocycles. The van der Waals surface area contributed by atoms with Gasteiger partial charge in [0.05, 0.1) is 0 Å². The molecular formula is C11H16O. The molecule has 12 heavy (non-hydrogen) atoms. The Morgan fingerprint density at radius 3 is 3.08 bits per heavy atom. The molecule has 1 heteroatoms. The Balaban J connectivity index is 2.24. The molecule has 0 saturated heterocycles. The smallest absolute Gasteiger partial charge is 0.136 e. The van der Waals surface area contributed by atoms with Gasteiger partial charge in [-0.2, -0.15) is 0 Å². The number of Topliss-reactive ketones (excluding diaryl/α,β-unsaturated/α-hetero) is 1. The van der Waals surface area contributed by atoms with Crippen LogP contribution in [0, 0.1) is 11.3 Å². The summed E-state index contributed by atoms with van der Waals surface area (Å²) in [7, 11) is 0. The first-order chi connectivity index (χ1) is 5.72. The molecule has 0 heterocycles. The summed E-state index contributed by atoms with van der Waals surface area (Å²) in [5.74, 6) is 0.848. The Morgan fingerprint density at radius 1 is 1.42 bits per heavy atom. The first-order valence-corrected chi connectivity index (χ1v) is 4.90. The molecule has 0 bridgehead atoms. The number of rotatable bonds is 0. The highest BCUT2D eigenvalue weighted by atomic mass is 16.1. The summed E-state index contributed by atoms with van der Waals surface area (Å²) in [6.45, 7) is 2.29. The third kappa shape index (κ3) is 1.12. The summed E-state index contributed by atoms with van der Waals surface area (Å²) in [5.41, 5.74) is 0.334. The average Bonchev–Trinajstić information content (AvgIpc) is 2.24. The second-order valence-electron chi connectivity index (χ2n) is 4.42. The van der Waals surface area contributed by atoms with Gasteiger partial charge in [-0.15, -0.1) is 0 Å². The van der Waals surface area contributed by atoms with Crippen LogP contribution < -0.4 is 0 Å². The van der Waals surface area contributed by atoms with Crippen molar-refractivity contribution in [1.29, 1.82) is 0 Å². The van der Waals surface area contributed by atoms with Gasteiger partial charge in [0.25, 0.3) is 0 Å². The standard InChI is InChI=1S/C11H16O/c1-11-7-4-2-3-5-9(11)10(12)6-8-11/h2-3,9H,4-8H2,1H3/t9-,11-/m1/s1. The zero-order valence-electron chi connectivity index (χ0n) is 7.68. The van der Waals surface area contributed by atoms with Gasteiger partial charge in [0.15, 0.2) is 0 Å². The first-order valence-electron chi connectivity index (χ1n) is 4.90. The molecular weight excluding hydrogens is 148 g/mol. The van der Waals surface area contributed by atoms with Crippen LogP contribution in [0.5, 0.6) is 0 Å². The highest BCUT2D eigenvalue weighted by molar-refractivity contribution is 5.84. The Morgan fingerprint density at radius 2 is 2.25 bits per heavy atom. The summed E-state index contributed by atoms with van der Waals surface area (Å²) in [6.07, 6.45) is 9.75. The van der Waals surface area contributed by atoms with Crippen LogP contribution >= 0.6 is 0 Å². The number of hydrogen-bond donors (Lipinski definition) is 0. The van der Waals surface area contributed by atoms with Crippen molar-refractivity contribution < 1.29 is 4.79 Å². The van der Waals surface area contributed by atoms with E-state index in [0.717, 1.165) is 19.3 Å². The second-order valence-corrected chi connectivity index (χ2v) is 4.42. The number of carbonyl (C=O) groups is 1. The first kappa shape index (κ1) is 8.03. The van der Waals surface area contributed by atoms with Crippen molar-refractivity contribution >= 4 is 5.78 Å². The van der Waals surface area contributed by atoms with Crippen molar-refractivity contribution in [3.8, 4) is 0 Å². The van der Waals surface area contributed by atoms with Gasteiger partial charge in [-0.05, 0) is 31.1 Å². The summed E-state index contributed by atoms with van der Waals surface area (Å²) >= 11 is 0. The van der Waals surface area contributed by atoms with Gasteiger partial charge in [0, 0.05) is 12.3 Å². The van der Waals surface area contributed by atoms with Crippen LogP contribution in [0.4, 0.5) is 0 Å². The Hall–Kier alpha value is -0.590. The van der Waals surface area contributed by atoms with Crippen LogP contribution in [-0.4, -0.2) is 5.78 Å². The Labute approximate surface area is 73.8 Å². The number of ketones is 1. The minimum atomic E-state index is 0.334. The Kier molecular flexibility index (Phi) is 1.82. The van der Waals surface area contributed by atoms with Crippen molar-refractivity contribution in [2.24, 2.45) is 11.3 Å². The highest BCUT2D eigenvalue weighted by Crippen LogP contribution is 2.47. The molecule has 0 aromatic heterocycles. The predicted molar refractivity (Wildman–Crippen MR) is 48.8 cm³/mol. The van der Waals surface area contributed by atoms with E-state index in [9.17, 15) is 4.79 Å². The summed E-state index contributed by atoms with van der Waals surface area (Å²) in [5, 5.41) is 0. The lowest BCUT2D eigenvalue weighted by molar-refractivity contribution is -0.122. The molecule has 2 aliphatic rings. The van der Waals surface area contributed by atoms with Crippen molar-refractivity contribution in [2.45, 2.75) is 39.0 Å². The normalized spacial score (nSPS) is 41.1. The van der Waals surface area contributed by atoms with Gasteiger partial charge in [-0.3, -0.25) is 4.79 Å². The van der Waals surface area contributed by atoms with E-state index in [4.69, 9.17) is 0 Å². The van der Waals surface area contributed by atoms with Crippen molar-refractivity contribution in [2.75, 3.05) is 0 Å². The van der Waals surface area contributed by atoms with E-state index in [0.29, 0.717) is 17.1 Å². The maximum atomic E-state index is 11.5. The molecule has 2 aliphatic carbocycles. The average molecular weight is 164 g/mol. The SMILES string of the molecule is C[C@]12CCC=CC[C@@H]1C(=O)CC2. The van der Waals surface area contributed by atoms with Crippen molar-refractivity contribution in [3.63, 3.8) is 0 Å². The van der Waals surface area contributed by atoms with Crippen molar-refractivity contribution in [1.82, 2.24) is 0 Å². The lowest BCUT2D eigenvalue weighted by atomic mass is 9.76. The van der Waals surface area contributed by atoms with Crippen LogP contribution in [0.1, 0.15) is 39.0 Å². The lowest BCUT2D eigenvalue weighted by Gasteiger charge is -2.27. The van der Waals surface area contributed by atoms with Gasteiger partial charge < -0.3 is 0 Å². The maximum Gasteiger partial charge on any atom is 0.136 e. The minimum Gasteiger partial charge on any atom is -0.299 e. The van der Waals surface area contributed by atoms with Crippen LogP contribution in [-0.2, 0) is 4.79 Å². The second kappa shape index (κ2) is 2.72. The van der Waals surface area contributed by atoms with Gasteiger partial charge >= 0.3 is 0 Å². The fraction of sp³-hybridized carbons (Fsp3) is 0.727. The fourth-order valence-corrected chi connectivity index (χ4v) is 2.62. The molecule has 0 aliphatic heterocycles. The molecule has 0 aromatic rings. The molecule has 0 spiro atoms. The predicted octanol–water partition coefficient (Wildman–Crippen LogP) is 2.71. The van der Waals surface area contributed by atoms with E-state index in [1.54, 1.807) is 0 Å². The van der Waals surface area contributed by atoms with Gasteiger partial charge in [0.2, 0.25) is 0 Å². The van der Waals surface area contributed by atoms with Crippen LogP contribution in [0.2, 0.25) is 0 Å². The van der Waals surface area contributed by atoms with E-state index in [2.05, 4.69) is 19.1 Å². The summed E-state index contributed by atoms with van der Waals surface area (Å²) in [6, 6.07) is 0. The zero-order valence-corrected chi connectivity index (χ0v) is 7.68. The number of allylic oxidation sites excluding steroid dienone is 2. The molecule has 0 N–H and O–H groups in total. The molecule has 66 valence electrons. The summed E-state index contributed by atoms with van der Waals surface area (Å²) < 4.78 is 0. The van der Waals surface area contributed by atoms with Gasteiger partial charge in [-0.1, -0.05) is 19.1 Å². The molecule has 2 atom stereocenters. The van der Waals surface area contributed by atoms with E-state index < -0.39 is 0 Å². The number of hydrogen-bond acceptors (Lipinski definition) is 1. The lowest BCUT2D eigenvalue weighted by Crippen LogP contribution is -2.23. The molecule has 2 rings (SSSR count).